The van der Waals surface area contributed by atoms with Crippen LogP contribution in [-0.4, -0.2) is 63.6 Å². The minimum atomic E-state index is -0.826. The molecule has 2 heterocycles. The quantitative estimate of drug-likeness (QED) is 0.0417. The monoisotopic (exact) mass is 743 g/mol. The van der Waals surface area contributed by atoms with Gasteiger partial charge in [-0.05, 0) is 81.8 Å². The second kappa shape index (κ2) is 17.9. The molecule has 3 aromatic rings. The Morgan fingerprint density at radius 1 is 1.02 bits per heavy atom. The number of esters is 1. The van der Waals surface area contributed by atoms with Crippen LogP contribution in [0.3, 0.4) is 0 Å². The molecule has 1 aliphatic rings. The van der Waals surface area contributed by atoms with Gasteiger partial charge in [-0.15, -0.1) is 21.9 Å². The average molecular weight is 744 g/mol. The maximum absolute atomic E-state index is 13.6. The fourth-order valence-electron chi connectivity index (χ4n) is 6.37. The summed E-state index contributed by atoms with van der Waals surface area (Å²) in [5.41, 5.74) is 2.36. The lowest BCUT2D eigenvalue weighted by atomic mass is 9.87. The third-order valence-corrected chi connectivity index (χ3v) is 10.5. The van der Waals surface area contributed by atoms with Gasteiger partial charge in [-0.2, -0.15) is 0 Å². The normalized spacial score (nSPS) is 15.1. The minimum Gasteiger partial charge on any atom is -0.491 e. The largest absolute Gasteiger partial charge is 0.491 e. The fraction of sp³-hybridized carbons (Fsp3) is 0.590. The highest BCUT2D eigenvalue weighted by Crippen LogP contribution is 2.44. The van der Waals surface area contributed by atoms with Crippen molar-refractivity contribution in [1.29, 1.82) is 0 Å². The standard InChI is InChI=1S/C39H54ClN3O7S/c1-27(2)36(44)41-20-12-13-30(41)26-49-31-18-19-33-32(23-31)35(51-38(3,4)5)34(42(33)25-28-14-16-29(40)17-15-28)24-39(6,7)37(45)48-21-10-8-9-11-22-50-43(46)47/h14-19,23,27,30H,8-13,20-22,24-26H2,1-7H3/t30-/m0/s1. The van der Waals surface area contributed by atoms with Gasteiger partial charge in [-0.1, -0.05) is 64.8 Å². The molecule has 0 N–H and O–H groups in total. The Bertz CT molecular complexity index is 1650. The Balaban J connectivity index is 1.62. The summed E-state index contributed by atoms with van der Waals surface area (Å²) >= 11 is 8.02. The van der Waals surface area contributed by atoms with Crippen molar-refractivity contribution in [2.45, 2.75) is 116 Å². The van der Waals surface area contributed by atoms with Gasteiger partial charge in [-0.25, -0.2) is 0 Å². The molecule has 280 valence electrons. The summed E-state index contributed by atoms with van der Waals surface area (Å²) in [6.45, 7) is 16.5. The summed E-state index contributed by atoms with van der Waals surface area (Å²) in [4.78, 5) is 44.2. The Labute approximate surface area is 311 Å². The Morgan fingerprint density at radius 2 is 1.71 bits per heavy atom. The lowest BCUT2D eigenvalue weighted by Crippen LogP contribution is -2.41. The van der Waals surface area contributed by atoms with Gasteiger partial charge >= 0.3 is 5.97 Å². The third kappa shape index (κ3) is 11.5. The molecule has 0 saturated carbocycles. The number of ether oxygens (including phenoxy) is 2. The molecule has 12 heteroatoms. The third-order valence-electron chi connectivity index (χ3n) is 8.98. The summed E-state index contributed by atoms with van der Waals surface area (Å²) in [6, 6.07) is 14.1. The van der Waals surface area contributed by atoms with Crippen LogP contribution in [0.2, 0.25) is 5.02 Å². The molecule has 1 atom stereocenters. The zero-order valence-corrected chi connectivity index (χ0v) is 32.7. The van der Waals surface area contributed by atoms with E-state index in [9.17, 15) is 19.7 Å². The lowest BCUT2D eigenvalue weighted by molar-refractivity contribution is -0.757. The zero-order valence-electron chi connectivity index (χ0n) is 31.2. The van der Waals surface area contributed by atoms with E-state index in [0.717, 1.165) is 65.0 Å². The first-order chi connectivity index (χ1) is 24.1. The van der Waals surface area contributed by atoms with Crippen LogP contribution < -0.4 is 4.74 Å². The van der Waals surface area contributed by atoms with Crippen molar-refractivity contribution in [2.75, 3.05) is 26.4 Å². The summed E-state index contributed by atoms with van der Waals surface area (Å²) in [5, 5.41) is 11.3. The van der Waals surface area contributed by atoms with Crippen LogP contribution in [0, 0.1) is 21.4 Å². The van der Waals surface area contributed by atoms with Crippen molar-refractivity contribution in [3.63, 3.8) is 0 Å². The summed E-state index contributed by atoms with van der Waals surface area (Å²) in [7, 11) is 0. The zero-order chi connectivity index (χ0) is 37.3. The van der Waals surface area contributed by atoms with Gasteiger partial charge in [0, 0.05) is 56.7 Å². The molecule has 2 aromatic carbocycles. The van der Waals surface area contributed by atoms with E-state index in [2.05, 4.69) is 42.3 Å². The van der Waals surface area contributed by atoms with E-state index in [1.165, 1.54) is 0 Å². The Morgan fingerprint density at radius 3 is 2.35 bits per heavy atom. The van der Waals surface area contributed by atoms with Crippen LogP contribution >= 0.6 is 23.4 Å². The molecule has 0 radical (unpaired) electrons. The second-order valence-corrected chi connectivity index (χ2v) is 17.6. The predicted octanol–water partition coefficient (Wildman–Crippen LogP) is 9.14. The Kier molecular flexibility index (Phi) is 14.1. The van der Waals surface area contributed by atoms with Gasteiger partial charge in [0.1, 0.15) is 12.4 Å². The molecule has 0 unspecified atom stereocenters. The first-order valence-corrected chi connectivity index (χ1v) is 19.2. The van der Waals surface area contributed by atoms with E-state index in [1.807, 2.05) is 62.9 Å². The number of carbonyl (C=O) groups is 2. The van der Waals surface area contributed by atoms with Crippen LogP contribution in [0.5, 0.6) is 5.75 Å². The molecule has 1 aliphatic heterocycles. The second-order valence-electron chi connectivity index (χ2n) is 15.3. The van der Waals surface area contributed by atoms with Crippen LogP contribution in [0.4, 0.5) is 0 Å². The molecule has 1 aromatic heterocycles. The molecule has 0 aliphatic carbocycles. The van der Waals surface area contributed by atoms with Gasteiger partial charge in [0.15, 0.2) is 0 Å². The molecule has 1 saturated heterocycles. The average Bonchev–Trinajstić information content (AvgIpc) is 3.63. The number of likely N-dealkylation sites (tertiary alicyclic amines) is 1. The molecule has 4 rings (SSSR count). The fourth-order valence-corrected chi connectivity index (χ4v) is 7.68. The molecular formula is C39H54ClN3O7S. The number of unbranched alkanes of at least 4 members (excludes halogenated alkanes) is 3. The van der Waals surface area contributed by atoms with Crippen molar-refractivity contribution in [2.24, 2.45) is 11.3 Å². The van der Waals surface area contributed by atoms with Gasteiger partial charge in [0.25, 0.3) is 5.09 Å². The van der Waals surface area contributed by atoms with Crippen molar-refractivity contribution in [3.8, 4) is 5.75 Å². The summed E-state index contributed by atoms with van der Waals surface area (Å²) < 4.78 is 14.4. The van der Waals surface area contributed by atoms with Crippen LogP contribution in [0.15, 0.2) is 47.4 Å². The predicted molar refractivity (Wildman–Crippen MR) is 203 cm³/mol. The van der Waals surface area contributed by atoms with Crippen molar-refractivity contribution in [1.82, 2.24) is 9.47 Å². The topological polar surface area (TPSA) is 113 Å². The number of benzene rings is 2. The summed E-state index contributed by atoms with van der Waals surface area (Å²) in [6.07, 6.45) is 5.16. The molecule has 51 heavy (non-hydrogen) atoms. The number of hydrogen-bond donors (Lipinski definition) is 0. The number of nitrogens with zero attached hydrogens (tertiary/aromatic N) is 3. The molecule has 1 fully saturated rings. The highest BCUT2D eigenvalue weighted by atomic mass is 35.5. The van der Waals surface area contributed by atoms with Gasteiger partial charge in [0.2, 0.25) is 5.91 Å². The number of hydrogen-bond acceptors (Lipinski definition) is 8. The summed E-state index contributed by atoms with van der Waals surface area (Å²) in [5.74, 6) is 0.607. The first kappa shape index (κ1) is 40.3. The van der Waals surface area contributed by atoms with Gasteiger partial charge in [-0.3, -0.25) is 9.59 Å². The highest BCUT2D eigenvalue weighted by molar-refractivity contribution is 8.00. The van der Waals surface area contributed by atoms with Crippen LogP contribution in [0.1, 0.15) is 98.2 Å². The van der Waals surface area contributed by atoms with E-state index in [0.29, 0.717) is 37.4 Å². The van der Waals surface area contributed by atoms with Crippen LogP contribution in [0.25, 0.3) is 10.9 Å². The smallest absolute Gasteiger partial charge is 0.311 e. The van der Waals surface area contributed by atoms with Crippen LogP contribution in [-0.2, 0) is 32.1 Å². The number of carbonyl (C=O) groups excluding carboxylic acids is 2. The van der Waals surface area contributed by atoms with E-state index >= 15 is 0 Å². The highest BCUT2D eigenvalue weighted by Gasteiger charge is 2.35. The minimum absolute atomic E-state index is 0.0471. The number of rotatable bonds is 18. The first-order valence-electron chi connectivity index (χ1n) is 18.0. The number of halogens is 1. The van der Waals surface area contributed by atoms with Gasteiger partial charge < -0.3 is 23.8 Å². The SMILES string of the molecule is CC(C)C(=O)N1CCC[C@H]1COc1ccc2c(c1)c(SC(C)(C)C)c(CC(C)(C)C(=O)OCCCCCCO[N+](=O)[O-])n2Cc1ccc(Cl)cc1. The number of aromatic nitrogens is 1. The maximum atomic E-state index is 13.6. The number of amides is 1. The Hall–Kier alpha value is -3.44. The van der Waals surface area contributed by atoms with E-state index in [1.54, 1.807) is 11.8 Å². The number of thioether (sulfide) groups is 1. The molecule has 1 amide bonds. The molecule has 10 nitrogen and oxygen atoms in total. The number of fused-ring (bicyclic) bond motifs is 1. The van der Waals surface area contributed by atoms with E-state index in [-0.39, 0.29) is 41.8 Å². The van der Waals surface area contributed by atoms with Crippen molar-refractivity contribution >= 4 is 46.1 Å². The molecule has 0 spiro atoms. The maximum Gasteiger partial charge on any atom is 0.311 e. The van der Waals surface area contributed by atoms with Crippen molar-refractivity contribution < 1.29 is 29.0 Å². The van der Waals surface area contributed by atoms with Crippen molar-refractivity contribution in [3.05, 3.63) is 68.9 Å². The molecule has 0 bridgehead atoms. The lowest BCUT2D eigenvalue weighted by Gasteiger charge is -2.26. The van der Waals surface area contributed by atoms with Gasteiger partial charge in [0.05, 0.1) is 24.7 Å². The molecular weight excluding hydrogens is 690 g/mol. The van der Waals surface area contributed by atoms with E-state index in [4.69, 9.17) is 21.1 Å². The van der Waals surface area contributed by atoms with E-state index < -0.39 is 10.5 Å².